The van der Waals surface area contributed by atoms with Crippen molar-refractivity contribution in [1.29, 1.82) is 5.26 Å². The zero-order valence-corrected chi connectivity index (χ0v) is 17.0. The topological polar surface area (TPSA) is 165 Å². The average molecular weight is 461 g/mol. The molecular formula is C19H13ClN4O8. The van der Waals surface area contributed by atoms with E-state index in [0.717, 1.165) is 17.0 Å². The fourth-order valence-electron chi connectivity index (χ4n) is 2.80. The normalized spacial score (nSPS) is 14.3. The average Bonchev–Trinajstić information content (AvgIpc) is 3.32. The number of imide groups is 1. The van der Waals surface area contributed by atoms with E-state index in [1.807, 2.05) is 0 Å². The van der Waals surface area contributed by atoms with Crippen LogP contribution in [-0.4, -0.2) is 41.4 Å². The molecule has 0 bridgehead atoms. The number of hydrogen-bond donors (Lipinski definition) is 1. The molecule has 0 radical (unpaired) electrons. The van der Waals surface area contributed by atoms with Crippen LogP contribution in [-0.2, 0) is 16.1 Å². The third-order valence-corrected chi connectivity index (χ3v) is 4.38. The van der Waals surface area contributed by atoms with Crippen molar-refractivity contribution in [3.8, 4) is 11.8 Å². The van der Waals surface area contributed by atoms with Gasteiger partial charge in [0.05, 0.1) is 18.6 Å². The molecule has 12 nitrogen and oxygen atoms in total. The number of methoxy groups -OCH3 is 1. The molecule has 3 rings (SSSR count). The summed E-state index contributed by atoms with van der Waals surface area (Å²) >= 11 is 5.94. The molecule has 1 fully saturated rings. The highest BCUT2D eigenvalue weighted by Crippen LogP contribution is 2.36. The summed E-state index contributed by atoms with van der Waals surface area (Å²) in [5, 5.41) is 22.4. The van der Waals surface area contributed by atoms with Gasteiger partial charge in [0.15, 0.2) is 6.61 Å². The lowest BCUT2D eigenvalue weighted by Crippen LogP contribution is -2.30. The first-order valence-electron chi connectivity index (χ1n) is 8.74. The largest absolute Gasteiger partial charge is 0.471 e. The van der Waals surface area contributed by atoms with Gasteiger partial charge in [-0.2, -0.15) is 5.26 Å². The van der Waals surface area contributed by atoms with E-state index in [2.05, 4.69) is 10.1 Å². The lowest BCUT2D eigenvalue weighted by Gasteiger charge is -2.10. The lowest BCUT2D eigenvalue weighted by molar-refractivity contribution is -0.385. The van der Waals surface area contributed by atoms with Crippen molar-refractivity contribution in [3.05, 3.63) is 62.2 Å². The van der Waals surface area contributed by atoms with Gasteiger partial charge in [0.2, 0.25) is 11.5 Å². The fourth-order valence-corrected chi connectivity index (χ4v) is 3.02. The Labute approximate surface area is 184 Å². The van der Waals surface area contributed by atoms with E-state index in [1.54, 1.807) is 6.07 Å². The maximum atomic E-state index is 12.7. The van der Waals surface area contributed by atoms with Gasteiger partial charge in [-0.05, 0) is 24.3 Å². The highest BCUT2D eigenvalue weighted by atomic mass is 35.5. The number of amides is 3. The van der Waals surface area contributed by atoms with Crippen molar-refractivity contribution in [2.24, 2.45) is 0 Å². The number of carbonyl (C=O) groups is 3. The molecule has 2 aromatic rings. The molecule has 1 N–H and O–H groups in total. The molecule has 0 saturated carbocycles. The molecule has 3 amide bonds. The monoisotopic (exact) mass is 460 g/mol. The standard InChI is InChI=1S/C19H13ClN4O8/c1-30-18(26)15-3-2-12(32-15)9-23-17(25)13(22-19(23)27)7-10-6-11(20)8-14(24(28)29)16(10)31-5-4-21/h2-3,6-8H,5,9H2,1H3,(H,22,27)/b13-7-. The number of urea groups is 1. The van der Waals surface area contributed by atoms with E-state index in [9.17, 15) is 24.5 Å². The van der Waals surface area contributed by atoms with Crippen molar-refractivity contribution >= 4 is 41.3 Å². The van der Waals surface area contributed by atoms with Crippen LogP contribution in [0.25, 0.3) is 6.08 Å². The molecule has 1 aromatic carbocycles. The number of hydrogen-bond acceptors (Lipinski definition) is 9. The summed E-state index contributed by atoms with van der Waals surface area (Å²) in [4.78, 5) is 47.9. The van der Waals surface area contributed by atoms with Crippen molar-refractivity contribution in [1.82, 2.24) is 10.2 Å². The second kappa shape index (κ2) is 9.19. The maximum absolute atomic E-state index is 12.7. The Morgan fingerprint density at radius 2 is 2.16 bits per heavy atom. The van der Waals surface area contributed by atoms with Crippen molar-refractivity contribution in [2.45, 2.75) is 6.54 Å². The van der Waals surface area contributed by atoms with Crippen LogP contribution in [0.3, 0.4) is 0 Å². The van der Waals surface area contributed by atoms with Gasteiger partial charge in [-0.25, -0.2) is 9.59 Å². The molecule has 0 unspecified atom stereocenters. The Hall–Kier alpha value is -4.37. The van der Waals surface area contributed by atoms with Crippen LogP contribution < -0.4 is 10.1 Å². The van der Waals surface area contributed by atoms with Gasteiger partial charge < -0.3 is 19.2 Å². The number of nitro groups is 1. The Morgan fingerprint density at radius 3 is 2.81 bits per heavy atom. The number of nitrogens with zero attached hydrogens (tertiary/aromatic N) is 3. The summed E-state index contributed by atoms with van der Waals surface area (Å²) in [5.41, 5.74) is -0.719. The molecule has 1 aromatic heterocycles. The van der Waals surface area contributed by atoms with Crippen LogP contribution in [0, 0.1) is 21.4 Å². The summed E-state index contributed by atoms with van der Waals surface area (Å²) < 4.78 is 14.9. The Bertz CT molecular complexity index is 1200. The van der Waals surface area contributed by atoms with Crippen molar-refractivity contribution in [3.63, 3.8) is 0 Å². The number of carbonyl (C=O) groups excluding carboxylic acids is 3. The SMILES string of the molecule is COC(=O)c1ccc(CN2C(=O)N/C(=C\c3cc(Cl)cc([N+](=O)[O-])c3OCC#N)C2=O)o1. The lowest BCUT2D eigenvalue weighted by atomic mass is 10.1. The van der Waals surface area contributed by atoms with Crippen LogP contribution in [0.1, 0.15) is 21.9 Å². The number of nitriles is 1. The first-order chi connectivity index (χ1) is 15.2. The Balaban J connectivity index is 1.92. The molecule has 0 atom stereocenters. The van der Waals surface area contributed by atoms with Crippen LogP contribution in [0.5, 0.6) is 5.75 Å². The second-order valence-electron chi connectivity index (χ2n) is 6.18. The van der Waals surface area contributed by atoms with E-state index in [4.69, 9.17) is 26.0 Å². The second-order valence-corrected chi connectivity index (χ2v) is 6.62. The number of ether oxygens (including phenoxy) is 2. The Morgan fingerprint density at radius 1 is 1.41 bits per heavy atom. The summed E-state index contributed by atoms with van der Waals surface area (Å²) in [6.07, 6.45) is 1.15. The molecule has 32 heavy (non-hydrogen) atoms. The van der Waals surface area contributed by atoms with E-state index in [1.165, 1.54) is 25.3 Å². The quantitative estimate of drug-likeness (QED) is 0.215. The third-order valence-electron chi connectivity index (χ3n) is 4.16. The van der Waals surface area contributed by atoms with Gasteiger partial charge in [0.1, 0.15) is 17.5 Å². The first kappa shape index (κ1) is 22.3. The van der Waals surface area contributed by atoms with Gasteiger partial charge in [0.25, 0.3) is 5.91 Å². The predicted molar refractivity (Wildman–Crippen MR) is 106 cm³/mol. The number of nitrogens with one attached hydrogen (secondary N) is 1. The number of halogens is 1. The molecule has 0 spiro atoms. The number of furan rings is 1. The highest BCUT2D eigenvalue weighted by Gasteiger charge is 2.35. The van der Waals surface area contributed by atoms with E-state index in [0.29, 0.717) is 0 Å². The minimum absolute atomic E-state index is 0.0101. The van der Waals surface area contributed by atoms with Crippen LogP contribution in [0.4, 0.5) is 10.5 Å². The zero-order valence-electron chi connectivity index (χ0n) is 16.3. The van der Waals surface area contributed by atoms with E-state index < -0.39 is 35.1 Å². The zero-order chi connectivity index (χ0) is 23.4. The summed E-state index contributed by atoms with van der Waals surface area (Å²) in [6, 6.07) is 5.97. The van der Waals surface area contributed by atoms with E-state index >= 15 is 0 Å². The smallest absolute Gasteiger partial charge is 0.373 e. The summed E-state index contributed by atoms with van der Waals surface area (Å²) in [6.45, 7) is -0.779. The number of benzene rings is 1. The maximum Gasteiger partial charge on any atom is 0.373 e. The molecule has 1 aliphatic rings. The summed E-state index contributed by atoms with van der Waals surface area (Å²) in [7, 11) is 1.17. The fraction of sp³-hybridized carbons (Fsp3) is 0.158. The van der Waals surface area contributed by atoms with Crippen LogP contribution >= 0.6 is 11.6 Å². The number of nitro benzene ring substituents is 1. The molecule has 13 heteroatoms. The minimum Gasteiger partial charge on any atom is -0.471 e. The van der Waals surface area contributed by atoms with Gasteiger partial charge in [-0.3, -0.25) is 19.8 Å². The van der Waals surface area contributed by atoms with Crippen LogP contribution in [0.2, 0.25) is 5.02 Å². The highest BCUT2D eigenvalue weighted by molar-refractivity contribution is 6.31. The van der Waals surface area contributed by atoms with Crippen molar-refractivity contribution in [2.75, 3.05) is 13.7 Å². The Kier molecular flexibility index (Phi) is 6.41. The molecule has 1 saturated heterocycles. The molecule has 0 aliphatic carbocycles. The van der Waals surface area contributed by atoms with Gasteiger partial charge in [-0.15, -0.1) is 0 Å². The number of rotatable bonds is 7. The van der Waals surface area contributed by atoms with Gasteiger partial charge >= 0.3 is 17.7 Å². The van der Waals surface area contributed by atoms with E-state index in [-0.39, 0.29) is 40.1 Å². The summed E-state index contributed by atoms with van der Waals surface area (Å²) in [5.74, 6) is -1.73. The predicted octanol–water partition coefficient (Wildman–Crippen LogP) is 2.62. The number of esters is 1. The van der Waals surface area contributed by atoms with Gasteiger partial charge in [-0.1, -0.05) is 11.6 Å². The van der Waals surface area contributed by atoms with Crippen molar-refractivity contribution < 1.29 is 33.2 Å². The molecular weight excluding hydrogens is 448 g/mol. The van der Waals surface area contributed by atoms with Crippen LogP contribution in [0.15, 0.2) is 34.4 Å². The third kappa shape index (κ3) is 4.52. The minimum atomic E-state index is -0.784. The molecule has 2 heterocycles. The molecule has 164 valence electrons. The van der Waals surface area contributed by atoms with Gasteiger partial charge in [0, 0.05) is 16.7 Å². The first-order valence-corrected chi connectivity index (χ1v) is 9.12. The molecule has 1 aliphatic heterocycles.